The minimum Gasteiger partial charge on any atom is -0.508 e. The zero-order chi connectivity index (χ0) is 17.2. The van der Waals surface area contributed by atoms with Gasteiger partial charge in [0.25, 0.3) is 0 Å². The zero-order valence-electron chi connectivity index (χ0n) is 14.4. The van der Waals surface area contributed by atoms with Gasteiger partial charge in [-0.25, -0.2) is 4.68 Å². The van der Waals surface area contributed by atoms with Gasteiger partial charge in [0, 0.05) is 17.2 Å². The van der Waals surface area contributed by atoms with Gasteiger partial charge in [-0.3, -0.25) is 0 Å². The summed E-state index contributed by atoms with van der Waals surface area (Å²) in [6.45, 7) is 2.06. The Morgan fingerprint density at radius 2 is 1.84 bits per heavy atom. The van der Waals surface area contributed by atoms with E-state index < -0.39 is 0 Å². The Morgan fingerprint density at radius 1 is 1.04 bits per heavy atom. The van der Waals surface area contributed by atoms with Gasteiger partial charge < -0.3 is 5.11 Å². The SMILES string of the molecule is Cc1cc(C2CC=CCC2)n(-c2ccccc2-c2ccc(O)cc2)n1. The van der Waals surface area contributed by atoms with Crippen LogP contribution in [0.5, 0.6) is 5.75 Å². The number of para-hydroxylation sites is 1. The van der Waals surface area contributed by atoms with Crippen LogP contribution in [-0.2, 0) is 0 Å². The maximum Gasteiger partial charge on any atom is 0.115 e. The minimum atomic E-state index is 0.283. The number of hydrogen-bond donors (Lipinski definition) is 1. The van der Waals surface area contributed by atoms with Crippen LogP contribution in [0.1, 0.15) is 36.6 Å². The number of benzene rings is 2. The second kappa shape index (κ2) is 6.60. The lowest BCUT2D eigenvalue weighted by molar-refractivity contribution is 0.475. The standard InChI is InChI=1S/C22H22N2O/c1-16-15-22(18-7-3-2-4-8-18)24(23-16)21-10-6-5-9-20(21)17-11-13-19(25)14-12-17/h2-3,5-6,9-15,18,25H,4,7-8H2,1H3. The van der Waals surface area contributed by atoms with Crippen molar-refractivity contribution in [1.82, 2.24) is 9.78 Å². The van der Waals surface area contributed by atoms with E-state index in [0.717, 1.165) is 35.3 Å². The molecule has 0 fully saturated rings. The zero-order valence-corrected chi connectivity index (χ0v) is 14.4. The summed E-state index contributed by atoms with van der Waals surface area (Å²) in [5.74, 6) is 0.796. The lowest BCUT2D eigenvalue weighted by Crippen LogP contribution is -2.10. The van der Waals surface area contributed by atoms with E-state index in [-0.39, 0.29) is 5.75 Å². The highest BCUT2D eigenvalue weighted by molar-refractivity contribution is 5.73. The summed E-state index contributed by atoms with van der Waals surface area (Å²) in [6, 6.07) is 17.9. The Labute approximate surface area is 148 Å². The number of aryl methyl sites for hydroxylation is 1. The third-order valence-corrected chi connectivity index (χ3v) is 4.86. The Morgan fingerprint density at radius 3 is 2.60 bits per heavy atom. The molecule has 3 nitrogen and oxygen atoms in total. The fraction of sp³-hybridized carbons (Fsp3) is 0.227. The molecule has 1 N–H and O–H groups in total. The molecular weight excluding hydrogens is 308 g/mol. The molecule has 1 atom stereocenters. The summed E-state index contributed by atoms with van der Waals surface area (Å²) in [5, 5.41) is 14.4. The minimum absolute atomic E-state index is 0.283. The molecule has 0 bridgehead atoms. The van der Waals surface area contributed by atoms with Gasteiger partial charge in [-0.15, -0.1) is 0 Å². The monoisotopic (exact) mass is 330 g/mol. The molecule has 0 amide bonds. The molecule has 0 aliphatic heterocycles. The van der Waals surface area contributed by atoms with Gasteiger partial charge in [0.05, 0.1) is 11.4 Å². The van der Waals surface area contributed by atoms with E-state index in [4.69, 9.17) is 5.10 Å². The first-order valence-corrected chi connectivity index (χ1v) is 8.83. The molecule has 3 aromatic rings. The van der Waals surface area contributed by atoms with Crippen LogP contribution in [0.25, 0.3) is 16.8 Å². The van der Waals surface area contributed by atoms with Gasteiger partial charge in [-0.2, -0.15) is 5.10 Å². The normalized spacial score (nSPS) is 16.9. The molecule has 25 heavy (non-hydrogen) atoms. The highest BCUT2D eigenvalue weighted by atomic mass is 16.3. The molecule has 2 aromatic carbocycles. The van der Waals surface area contributed by atoms with Crippen molar-refractivity contribution in [2.45, 2.75) is 32.1 Å². The molecule has 1 heterocycles. The third-order valence-electron chi connectivity index (χ3n) is 4.86. The molecule has 1 unspecified atom stereocenters. The second-order valence-corrected chi connectivity index (χ2v) is 6.67. The first kappa shape index (κ1) is 15.7. The molecule has 1 aliphatic rings. The number of aromatic hydroxyl groups is 1. The average Bonchev–Trinajstić information content (AvgIpc) is 3.05. The number of nitrogens with zero attached hydrogens (tertiary/aromatic N) is 2. The molecule has 0 saturated heterocycles. The van der Waals surface area contributed by atoms with Crippen molar-refractivity contribution in [3.8, 4) is 22.6 Å². The molecule has 4 rings (SSSR count). The highest BCUT2D eigenvalue weighted by Gasteiger charge is 2.20. The third kappa shape index (κ3) is 3.10. The second-order valence-electron chi connectivity index (χ2n) is 6.67. The van der Waals surface area contributed by atoms with Crippen molar-refractivity contribution in [1.29, 1.82) is 0 Å². The number of phenols is 1. The molecule has 0 spiro atoms. The molecule has 126 valence electrons. The van der Waals surface area contributed by atoms with Crippen LogP contribution in [0.4, 0.5) is 0 Å². The first-order chi connectivity index (χ1) is 12.2. The topological polar surface area (TPSA) is 38.0 Å². The number of rotatable bonds is 3. The summed E-state index contributed by atoms with van der Waals surface area (Å²) >= 11 is 0. The van der Waals surface area contributed by atoms with Gasteiger partial charge in [0.1, 0.15) is 5.75 Å². The van der Waals surface area contributed by atoms with Gasteiger partial charge in [0.15, 0.2) is 0 Å². The molecular formula is C22H22N2O. The van der Waals surface area contributed by atoms with Gasteiger partial charge in [-0.1, -0.05) is 42.5 Å². The largest absolute Gasteiger partial charge is 0.508 e. The predicted molar refractivity (Wildman–Crippen MR) is 101 cm³/mol. The smallest absolute Gasteiger partial charge is 0.115 e. The van der Waals surface area contributed by atoms with Crippen molar-refractivity contribution in [3.05, 3.63) is 78.1 Å². The molecule has 0 radical (unpaired) electrons. The summed E-state index contributed by atoms with van der Waals surface area (Å²) in [7, 11) is 0. The number of phenolic OH excluding ortho intramolecular Hbond substituents is 1. The van der Waals surface area contributed by atoms with Crippen LogP contribution in [-0.4, -0.2) is 14.9 Å². The van der Waals surface area contributed by atoms with Crippen LogP contribution in [0.3, 0.4) is 0 Å². The van der Waals surface area contributed by atoms with E-state index in [1.165, 1.54) is 12.1 Å². The van der Waals surface area contributed by atoms with E-state index >= 15 is 0 Å². The lowest BCUT2D eigenvalue weighted by atomic mass is 9.91. The summed E-state index contributed by atoms with van der Waals surface area (Å²) in [6.07, 6.45) is 7.94. The van der Waals surface area contributed by atoms with E-state index in [1.807, 2.05) is 18.2 Å². The Bertz CT molecular complexity index is 906. The quantitative estimate of drug-likeness (QED) is 0.655. The molecule has 0 saturated carbocycles. The van der Waals surface area contributed by atoms with Gasteiger partial charge >= 0.3 is 0 Å². The summed E-state index contributed by atoms with van der Waals surface area (Å²) in [5.41, 5.74) is 5.62. The van der Waals surface area contributed by atoms with E-state index in [0.29, 0.717) is 5.92 Å². The van der Waals surface area contributed by atoms with Crippen molar-refractivity contribution in [2.24, 2.45) is 0 Å². The highest BCUT2D eigenvalue weighted by Crippen LogP contribution is 2.34. The van der Waals surface area contributed by atoms with E-state index in [2.05, 4.69) is 48.0 Å². The predicted octanol–water partition coefficient (Wildman–Crippen LogP) is 5.38. The van der Waals surface area contributed by atoms with Crippen LogP contribution in [0, 0.1) is 6.92 Å². The Kier molecular flexibility index (Phi) is 4.14. The molecule has 1 aliphatic carbocycles. The van der Waals surface area contributed by atoms with Crippen LogP contribution < -0.4 is 0 Å². The van der Waals surface area contributed by atoms with Gasteiger partial charge in [-0.05, 0) is 56.0 Å². The van der Waals surface area contributed by atoms with E-state index in [9.17, 15) is 5.11 Å². The van der Waals surface area contributed by atoms with Crippen LogP contribution >= 0.6 is 0 Å². The van der Waals surface area contributed by atoms with E-state index in [1.54, 1.807) is 12.1 Å². The van der Waals surface area contributed by atoms with Gasteiger partial charge in [0.2, 0.25) is 0 Å². The first-order valence-electron chi connectivity index (χ1n) is 8.83. The van der Waals surface area contributed by atoms with Crippen molar-refractivity contribution in [3.63, 3.8) is 0 Å². The molecule has 3 heteroatoms. The number of aromatic nitrogens is 2. The number of hydrogen-bond acceptors (Lipinski definition) is 2. The lowest BCUT2D eigenvalue weighted by Gasteiger charge is -2.20. The maximum atomic E-state index is 9.58. The van der Waals surface area contributed by atoms with Crippen LogP contribution in [0.2, 0.25) is 0 Å². The maximum absolute atomic E-state index is 9.58. The Balaban J connectivity index is 1.83. The van der Waals surface area contributed by atoms with Crippen molar-refractivity contribution < 1.29 is 5.11 Å². The fourth-order valence-electron chi connectivity index (χ4n) is 3.61. The fourth-order valence-corrected chi connectivity index (χ4v) is 3.61. The van der Waals surface area contributed by atoms with Crippen molar-refractivity contribution in [2.75, 3.05) is 0 Å². The van der Waals surface area contributed by atoms with Crippen LogP contribution in [0.15, 0.2) is 66.7 Å². The summed E-state index contributed by atoms with van der Waals surface area (Å²) in [4.78, 5) is 0. The summed E-state index contributed by atoms with van der Waals surface area (Å²) < 4.78 is 2.11. The Hall–Kier alpha value is -2.81. The average molecular weight is 330 g/mol. The van der Waals surface area contributed by atoms with Crippen molar-refractivity contribution >= 4 is 0 Å². The number of allylic oxidation sites excluding steroid dienone is 2. The molecule has 1 aromatic heterocycles.